The van der Waals surface area contributed by atoms with E-state index in [1.807, 2.05) is 62.6 Å². The van der Waals surface area contributed by atoms with Gasteiger partial charge in [0, 0.05) is 30.4 Å². The molecule has 0 radical (unpaired) electrons. The smallest absolute Gasteiger partial charge is 0.410 e. The van der Waals surface area contributed by atoms with Crippen LogP contribution in [0.2, 0.25) is 0 Å². The highest BCUT2D eigenvalue weighted by Gasteiger charge is 2.29. The van der Waals surface area contributed by atoms with Crippen LogP contribution in [0.1, 0.15) is 48.9 Å². The lowest BCUT2D eigenvalue weighted by Gasteiger charge is -2.24. The Morgan fingerprint density at radius 2 is 1.94 bits per heavy atom. The molecule has 1 aliphatic heterocycles. The van der Waals surface area contributed by atoms with Crippen LogP contribution in [0.5, 0.6) is 0 Å². The zero-order valence-electron chi connectivity index (χ0n) is 20.0. The fourth-order valence-electron chi connectivity index (χ4n) is 4.15. The van der Waals surface area contributed by atoms with Crippen molar-refractivity contribution in [3.05, 3.63) is 59.4 Å². The van der Waals surface area contributed by atoms with Gasteiger partial charge in [-0.3, -0.25) is 9.36 Å². The third-order valence-corrected chi connectivity index (χ3v) is 5.79. The van der Waals surface area contributed by atoms with Crippen LogP contribution in [0.4, 0.5) is 4.79 Å². The van der Waals surface area contributed by atoms with E-state index in [1.54, 1.807) is 17.0 Å². The van der Waals surface area contributed by atoms with Crippen molar-refractivity contribution in [2.45, 2.75) is 45.8 Å². The molecule has 0 spiro atoms. The summed E-state index contributed by atoms with van der Waals surface area (Å²) in [5, 5.41) is 12.4. The van der Waals surface area contributed by atoms with E-state index < -0.39 is 5.60 Å². The largest absolute Gasteiger partial charge is 0.444 e. The highest BCUT2D eigenvalue weighted by Crippen LogP contribution is 2.23. The fraction of sp³-hybridized carbons (Fsp3) is 0.385. The predicted octanol–water partition coefficient (Wildman–Crippen LogP) is 3.99. The van der Waals surface area contributed by atoms with Gasteiger partial charge in [-0.2, -0.15) is 5.26 Å². The Kier molecular flexibility index (Phi) is 6.40. The molecule has 1 N–H and O–H groups in total. The van der Waals surface area contributed by atoms with Gasteiger partial charge in [-0.05, 0) is 76.6 Å². The molecule has 1 atom stereocenters. The third kappa shape index (κ3) is 5.10. The van der Waals surface area contributed by atoms with Gasteiger partial charge in [0.2, 0.25) is 0 Å². The van der Waals surface area contributed by atoms with Crippen molar-refractivity contribution in [1.82, 2.24) is 19.8 Å². The van der Waals surface area contributed by atoms with Crippen LogP contribution in [-0.2, 0) is 4.74 Å². The number of likely N-dealkylation sites (tertiary alicyclic amines) is 1. The standard InChI is InChI=1S/C26H29N5O3/c1-17-29-22-13-18(14-27)5-10-23(22)31(17)21-8-6-19(7-9-21)24(32)15-28-20-11-12-30(16-20)25(33)34-26(2,3)4/h5-10,13,20,28H,11-12,15-16H2,1-4H3/t20-/m1/s1. The fourth-order valence-corrected chi connectivity index (χ4v) is 4.15. The van der Waals surface area contributed by atoms with Crippen LogP contribution in [0, 0.1) is 18.3 Å². The molecule has 1 amide bonds. The Balaban J connectivity index is 1.37. The number of Topliss-reactive ketones (excluding diaryl/α,β-unsaturated/α-hetero) is 1. The number of nitrogens with one attached hydrogen (secondary N) is 1. The Morgan fingerprint density at radius 1 is 1.21 bits per heavy atom. The minimum atomic E-state index is -0.522. The van der Waals surface area contributed by atoms with Gasteiger partial charge in [0.25, 0.3) is 0 Å². The number of aromatic nitrogens is 2. The number of nitriles is 1. The lowest BCUT2D eigenvalue weighted by molar-refractivity contribution is 0.0291. The number of rotatable bonds is 5. The summed E-state index contributed by atoms with van der Waals surface area (Å²) in [6, 6.07) is 15.1. The maximum absolute atomic E-state index is 12.7. The third-order valence-electron chi connectivity index (χ3n) is 5.79. The molecule has 176 valence electrons. The molecule has 0 saturated carbocycles. The Labute approximate surface area is 199 Å². The molecule has 4 rings (SSSR count). The van der Waals surface area contributed by atoms with Gasteiger partial charge in [0.05, 0.1) is 29.2 Å². The van der Waals surface area contributed by atoms with Crippen molar-refractivity contribution < 1.29 is 14.3 Å². The molecule has 1 aromatic heterocycles. The number of carbonyl (C=O) groups excluding carboxylic acids is 2. The second-order valence-corrected chi connectivity index (χ2v) is 9.57. The highest BCUT2D eigenvalue weighted by atomic mass is 16.6. The molecule has 3 aromatic rings. The normalized spacial score (nSPS) is 16.0. The van der Waals surface area contributed by atoms with E-state index in [-0.39, 0.29) is 24.5 Å². The van der Waals surface area contributed by atoms with Gasteiger partial charge < -0.3 is 15.0 Å². The Morgan fingerprint density at radius 3 is 2.62 bits per heavy atom. The first kappa shape index (κ1) is 23.5. The first-order chi connectivity index (χ1) is 16.1. The number of fused-ring (bicyclic) bond motifs is 1. The average Bonchev–Trinajstić information content (AvgIpc) is 3.39. The molecule has 1 saturated heterocycles. The van der Waals surface area contributed by atoms with Crippen molar-refractivity contribution in [3.63, 3.8) is 0 Å². The summed E-state index contributed by atoms with van der Waals surface area (Å²) >= 11 is 0. The highest BCUT2D eigenvalue weighted by molar-refractivity contribution is 5.97. The summed E-state index contributed by atoms with van der Waals surface area (Å²) in [5.74, 6) is 0.801. The SMILES string of the molecule is Cc1nc2cc(C#N)ccc2n1-c1ccc(C(=O)CN[C@@H]2CCN(C(=O)OC(C)(C)C)C2)cc1. The molecule has 1 aliphatic rings. The molecular weight excluding hydrogens is 430 g/mol. The lowest BCUT2D eigenvalue weighted by Crippen LogP contribution is -2.39. The quantitative estimate of drug-likeness (QED) is 0.579. The van der Waals surface area contributed by atoms with Crippen LogP contribution in [-0.4, -0.2) is 57.6 Å². The first-order valence-electron chi connectivity index (χ1n) is 11.4. The van der Waals surface area contributed by atoms with Gasteiger partial charge in [-0.1, -0.05) is 0 Å². The summed E-state index contributed by atoms with van der Waals surface area (Å²) < 4.78 is 7.43. The van der Waals surface area contributed by atoms with Gasteiger partial charge in [-0.15, -0.1) is 0 Å². The van der Waals surface area contributed by atoms with E-state index in [9.17, 15) is 9.59 Å². The first-order valence-corrected chi connectivity index (χ1v) is 11.4. The van der Waals surface area contributed by atoms with Crippen molar-refractivity contribution in [3.8, 4) is 11.8 Å². The van der Waals surface area contributed by atoms with Crippen LogP contribution >= 0.6 is 0 Å². The molecule has 0 unspecified atom stereocenters. The van der Waals surface area contributed by atoms with Crippen LogP contribution in [0.15, 0.2) is 42.5 Å². The summed E-state index contributed by atoms with van der Waals surface area (Å²) in [6.07, 6.45) is 0.469. The minimum absolute atomic E-state index is 0.00635. The van der Waals surface area contributed by atoms with Gasteiger partial charge in [-0.25, -0.2) is 9.78 Å². The van der Waals surface area contributed by atoms with E-state index >= 15 is 0 Å². The van der Waals surface area contributed by atoms with E-state index in [1.165, 1.54) is 0 Å². The Bertz CT molecular complexity index is 1260. The van der Waals surface area contributed by atoms with E-state index in [0.29, 0.717) is 24.2 Å². The van der Waals surface area contributed by atoms with Crippen molar-refractivity contribution in [2.75, 3.05) is 19.6 Å². The number of ketones is 1. The number of ether oxygens (including phenoxy) is 1. The van der Waals surface area contributed by atoms with Crippen molar-refractivity contribution in [1.29, 1.82) is 5.26 Å². The minimum Gasteiger partial charge on any atom is -0.444 e. The molecule has 34 heavy (non-hydrogen) atoms. The van der Waals surface area contributed by atoms with E-state index in [4.69, 9.17) is 10.00 Å². The maximum Gasteiger partial charge on any atom is 0.410 e. The summed E-state index contributed by atoms with van der Waals surface area (Å²) in [7, 11) is 0. The number of nitrogens with zero attached hydrogens (tertiary/aromatic N) is 4. The maximum atomic E-state index is 12.7. The van der Waals surface area contributed by atoms with Gasteiger partial charge in [0.1, 0.15) is 11.4 Å². The summed E-state index contributed by atoms with van der Waals surface area (Å²) in [5.41, 5.74) is 3.24. The summed E-state index contributed by atoms with van der Waals surface area (Å²) in [4.78, 5) is 31.2. The molecule has 2 aromatic carbocycles. The topological polar surface area (TPSA) is 100 Å². The number of amides is 1. The molecular formula is C26H29N5O3. The second-order valence-electron chi connectivity index (χ2n) is 9.57. The summed E-state index contributed by atoms with van der Waals surface area (Å²) in [6.45, 7) is 8.81. The molecule has 1 fully saturated rings. The molecule has 8 nitrogen and oxygen atoms in total. The lowest BCUT2D eigenvalue weighted by atomic mass is 10.1. The number of aryl methyl sites for hydroxylation is 1. The zero-order valence-corrected chi connectivity index (χ0v) is 20.0. The number of hydrogen-bond acceptors (Lipinski definition) is 6. The number of benzene rings is 2. The van der Waals surface area contributed by atoms with Gasteiger partial charge >= 0.3 is 6.09 Å². The van der Waals surface area contributed by atoms with Crippen molar-refractivity contribution >= 4 is 22.9 Å². The van der Waals surface area contributed by atoms with Gasteiger partial charge in [0.15, 0.2) is 5.78 Å². The molecule has 0 bridgehead atoms. The number of carbonyl (C=O) groups is 2. The average molecular weight is 460 g/mol. The monoisotopic (exact) mass is 459 g/mol. The van der Waals surface area contributed by atoms with Crippen LogP contribution < -0.4 is 5.32 Å². The molecule has 2 heterocycles. The van der Waals surface area contributed by atoms with E-state index in [2.05, 4.69) is 16.4 Å². The van der Waals surface area contributed by atoms with Crippen LogP contribution in [0.25, 0.3) is 16.7 Å². The second kappa shape index (κ2) is 9.27. The van der Waals surface area contributed by atoms with Crippen molar-refractivity contribution in [2.24, 2.45) is 0 Å². The molecule has 8 heteroatoms. The zero-order chi connectivity index (χ0) is 24.5. The Hall–Kier alpha value is -3.70. The molecule has 0 aliphatic carbocycles. The van der Waals surface area contributed by atoms with Crippen LogP contribution in [0.3, 0.4) is 0 Å². The van der Waals surface area contributed by atoms with E-state index in [0.717, 1.165) is 29.0 Å². The number of hydrogen-bond donors (Lipinski definition) is 1. The predicted molar refractivity (Wildman–Crippen MR) is 129 cm³/mol. The number of imidazole rings is 1.